The normalized spacial score (nSPS) is 29.6. The molecule has 1 aliphatic heterocycles. The van der Waals surface area contributed by atoms with E-state index in [-0.39, 0.29) is 17.4 Å². The number of amides is 2. The number of hydrogen-bond acceptors (Lipinski definition) is 4. The molecule has 3 aliphatic rings. The molecule has 1 heterocycles. The Balaban J connectivity index is 1.65. The molecular formula is C20H34N2O4S. The zero-order valence-corrected chi connectivity index (χ0v) is 18.1. The van der Waals surface area contributed by atoms with E-state index >= 15 is 0 Å². The molecule has 0 aromatic rings. The van der Waals surface area contributed by atoms with Gasteiger partial charge in [-0.25, -0.2) is 8.42 Å². The highest BCUT2D eigenvalue weighted by molar-refractivity contribution is 7.92. The van der Waals surface area contributed by atoms with E-state index < -0.39 is 20.5 Å². The van der Waals surface area contributed by atoms with Crippen LogP contribution in [0.25, 0.3) is 0 Å². The van der Waals surface area contributed by atoms with Crippen LogP contribution in [0.2, 0.25) is 0 Å². The van der Waals surface area contributed by atoms with Gasteiger partial charge in [0.15, 0.2) is 9.84 Å². The average Bonchev–Trinajstić information content (AvgIpc) is 3.18. The van der Waals surface area contributed by atoms with Crippen molar-refractivity contribution in [3.63, 3.8) is 0 Å². The predicted molar refractivity (Wildman–Crippen MR) is 105 cm³/mol. The Morgan fingerprint density at radius 3 is 2.26 bits per heavy atom. The highest BCUT2D eigenvalue weighted by Gasteiger charge is 2.56. The maximum absolute atomic E-state index is 13.1. The molecule has 2 amide bonds. The first-order valence-corrected chi connectivity index (χ1v) is 12.0. The number of carbonyl (C=O) groups is 2. The monoisotopic (exact) mass is 398 g/mol. The molecule has 2 aliphatic carbocycles. The molecule has 0 bridgehead atoms. The molecule has 3 rings (SSSR count). The van der Waals surface area contributed by atoms with Crippen LogP contribution in [0.1, 0.15) is 66.2 Å². The van der Waals surface area contributed by atoms with Crippen molar-refractivity contribution in [2.45, 2.75) is 77.0 Å². The molecule has 7 heteroatoms. The Bertz CT molecular complexity index is 737. The van der Waals surface area contributed by atoms with Crippen molar-refractivity contribution in [3.8, 4) is 0 Å². The largest absolute Gasteiger partial charge is 0.351 e. The molecule has 6 nitrogen and oxygen atoms in total. The molecule has 1 spiro atoms. The molecule has 2 saturated carbocycles. The maximum Gasteiger partial charge on any atom is 0.241 e. The standard InChI is InChI=1S/C20H34N2O4S/c1-18(2)13-22(16(23)14-7-6-9-20(14)10-11-20)12-8-15(18)21-17(24)19(3,4)27(5,25)26/h14-15H,6-13H2,1-5H3,(H,21,24). The summed E-state index contributed by atoms with van der Waals surface area (Å²) in [4.78, 5) is 27.7. The maximum atomic E-state index is 13.1. The van der Waals surface area contributed by atoms with Gasteiger partial charge >= 0.3 is 0 Å². The van der Waals surface area contributed by atoms with E-state index in [9.17, 15) is 18.0 Å². The molecule has 0 aromatic carbocycles. The van der Waals surface area contributed by atoms with E-state index in [1.807, 2.05) is 18.7 Å². The third kappa shape index (κ3) is 3.64. The summed E-state index contributed by atoms with van der Waals surface area (Å²) in [6, 6.07) is -0.145. The Labute approximate surface area is 163 Å². The van der Waals surface area contributed by atoms with Gasteiger partial charge in [-0.2, -0.15) is 0 Å². The number of rotatable bonds is 4. The van der Waals surface area contributed by atoms with E-state index in [1.54, 1.807) is 0 Å². The summed E-state index contributed by atoms with van der Waals surface area (Å²) in [6.07, 6.45) is 7.50. The van der Waals surface area contributed by atoms with E-state index in [4.69, 9.17) is 0 Å². The van der Waals surface area contributed by atoms with E-state index in [0.717, 1.165) is 19.1 Å². The van der Waals surface area contributed by atoms with Crippen molar-refractivity contribution < 1.29 is 18.0 Å². The SMILES string of the molecule is CC1(C)CN(C(=O)C2CCCC23CC3)CCC1NC(=O)C(C)(C)S(C)(=O)=O. The minimum Gasteiger partial charge on any atom is -0.351 e. The smallest absolute Gasteiger partial charge is 0.241 e. The van der Waals surface area contributed by atoms with Crippen LogP contribution in [0.5, 0.6) is 0 Å². The third-order valence-corrected chi connectivity index (χ3v) is 9.46. The molecule has 3 fully saturated rings. The van der Waals surface area contributed by atoms with Gasteiger partial charge in [0.25, 0.3) is 0 Å². The first-order chi connectivity index (χ1) is 12.3. The van der Waals surface area contributed by atoms with Crippen LogP contribution in [0, 0.1) is 16.7 Å². The van der Waals surface area contributed by atoms with Gasteiger partial charge in [0, 0.05) is 36.7 Å². The second kappa shape index (κ2) is 6.46. The fraction of sp³-hybridized carbons (Fsp3) is 0.900. The second-order valence-electron chi connectivity index (χ2n) is 10.2. The van der Waals surface area contributed by atoms with Crippen LogP contribution >= 0.6 is 0 Å². The molecular weight excluding hydrogens is 364 g/mol. The summed E-state index contributed by atoms with van der Waals surface area (Å²) < 4.78 is 22.4. The van der Waals surface area contributed by atoms with Crippen LogP contribution in [-0.4, -0.2) is 55.3 Å². The number of piperidine rings is 1. The summed E-state index contributed by atoms with van der Waals surface area (Å²) in [5.74, 6) is 0.0125. The van der Waals surface area contributed by atoms with Crippen LogP contribution in [0.4, 0.5) is 0 Å². The highest BCUT2D eigenvalue weighted by Crippen LogP contribution is 2.61. The Morgan fingerprint density at radius 2 is 1.74 bits per heavy atom. The summed E-state index contributed by atoms with van der Waals surface area (Å²) in [5.41, 5.74) is -0.00171. The van der Waals surface area contributed by atoms with Crippen LogP contribution in [-0.2, 0) is 19.4 Å². The number of nitrogens with one attached hydrogen (secondary N) is 1. The fourth-order valence-corrected chi connectivity index (χ4v) is 5.21. The number of likely N-dealkylation sites (tertiary alicyclic amines) is 1. The zero-order chi connectivity index (χ0) is 20.3. The minimum absolute atomic E-state index is 0.145. The van der Waals surface area contributed by atoms with Crippen LogP contribution in [0.15, 0.2) is 0 Å². The van der Waals surface area contributed by atoms with Gasteiger partial charge in [-0.05, 0) is 51.4 Å². The van der Waals surface area contributed by atoms with E-state index in [0.29, 0.717) is 30.8 Å². The van der Waals surface area contributed by atoms with Gasteiger partial charge in [-0.15, -0.1) is 0 Å². The molecule has 27 heavy (non-hydrogen) atoms. The summed E-state index contributed by atoms with van der Waals surface area (Å²) in [7, 11) is -3.51. The molecule has 2 unspecified atom stereocenters. The fourth-order valence-electron chi connectivity index (χ4n) is 4.82. The van der Waals surface area contributed by atoms with Crippen LogP contribution in [0.3, 0.4) is 0 Å². The van der Waals surface area contributed by atoms with E-state index in [1.165, 1.54) is 33.1 Å². The number of nitrogens with zero attached hydrogens (tertiary/aromatic N) is 1. The predicted octanol–water partition coefficient (Wildman–Crippen LogP) is 2.13. The lowest BCUT2D eigenvalue weighted by Crippen LogP contribution is -2.60. The molecule has 1 N–H and O–H groups in total. The summed E-state index contributed by atoms with van der Waals surface area (Å²) >= 11 is 0. The van der Waals surface area contributed by atoms with Gasteiger partial charge in [0.05, 0.1) is 0 Å². The molecule has 0 aromatic heterocycles. The molecule has 154 valence electrons. The van der Waals surface area contributed by atoms with Crippen molar-refractivity contribution in [3.05, 3.63) is 0 Å². The van der Waals surface area contributed by atoms with Crippen molar-refractivity contribution in [1.29, 1.82) is 0 Å². The van der Waals surface area contributed by atoms with Gasteiger partial charge in [0.1, 0.15) is 4.75 Å². The van der Waals surface area contributed by atoms with Gasteiger partial charge in [-0.3, -0.25) is 9.59 Å². The van der Waals surface area contributed by atoms with Crippen molar-refractivity contribution in [2.24, 2.45) is 16.7 Å². The number of sulfone groups is 1. The van der Waals surface area contributed by atoms with Gasteiger partial charge in [0.2, 0.25) is 11.8 Å². The van der Waals surface area contributed by atoms with Gasteiger partial charge < -0.3 is 10.2 Å². The molecule has 0 radical (unpaired) electrons. The minimum atomic E-state index is -3.51. The lowest BCUT2D eigenvalue weighted by atomic mass is 9.78. The average molecular weight is 399 g/mol. The number of hydrogen-bond donors (Lipinski definition) is 1. The third-order valence-electron chi connectivity index (χ3n) is 7.42. The topological polar surface area (TPSA) is 83.6 Å². The summed E-state index contributed by atoms with van der Waals surface area (Å²) in [6.45, 7) is 8.21. The van der Waals surface area contributed by atoms with Crippen molar-refractivity contribution in [2.75, 3.05) is 19.3 Å². The van der Waals surface area contributed by atoms with Crippen molar-refractivity contribution >= 4 is 21.7 Å². The van der Waals surface area contributed by atoms with E-state index in [2.05, 4.69) is 5.32 Å². The first-order valence-electron chi connectivity index (χ1n) is 10.1. The molecule has 1 saturated heterocycles. The Kier molecular flexibility index (Phi) is 4.93. The Morgan fingerprint density at radius 1 is 1.11 bits per heavy atom. The highest BCUT2D eigenvalue weighted by atomic mass is 32.2. The lowest BCUT2D eigenvalue weighted by molar-refractivity contribution is -0.141. The lowest BCUT2D eigenvalue weighted by Gasteiger charge is -2.46. The first kappa shape index (κ1) is 20.6. The van der Waals surface area contributed by atoms with Crippen molar-refractivity contribution in [1.82, 2.24) is 10.2 Å². The summed E-state index contributed by atoms with van der Waals surface area (Å²) in [5, 5.41) is 2.96. The zero-order valence-electron chi connectivity index (χ0n) is 17.3. The second-order valence-corrected chi connectivity index (χ2v) is 12.7. The molecule has 2 atom stereocenters. The Hall–Kier alpha value is -1.11. The quantitative estimate of drug-likeness (QED) is 0.786. The van der Waals surface area contributed by atoms with Gasteiger partial charge in [-0.1, -0.05) is 20.3 Å². The number of carbonyl (C=O) groups excluding carboxylic acids is 2. The van der Waals surface area contributed by atoms with Crippen LogP contribution < -0.4 is 5.32 Å².